The number of halogens is 2. The Balaban J connectivity index is 2.05. The van der Waals surface area contributed by atoms with Crippen molar-refractivity contribution in [1.29, 1.82) is 0 Å². The van der Waals surface area contributed by atoms with Crippen molar-refractivity contribution in [2.75, 3.05) is 13.7 Å². The van der Waals surface area contributed by atoms with Crippen LogP contribution in [0.15, 0.2) is 22.7 Å². The van der Waals surface area contributed by atoms with Crippen molar-refractivity contribution in [2.45, 2.75) is 18.9 Å². The molecule has 5 nitrogen and oxygen atoms in total. The Kier molecular flexibility index (Phi) is 4.75. The first-order valence-corrected chi connectivity index (χ1v) is 6.10. The van der Waals surface area contributed by atoms with Crippen LogP contribution in [-0.2, 0) is 11.2 Å². The predicted molar refractivity (Wildman–Crippen MR) is 66.9 cm³/mol. The maximum absolute atomic E-state index is 13.1. The van der Waals surface area contributed by atoms with Gasteiger partial charge in [0.25, 0.3) is 0 Å². The number of rotatable bonds is 6. The van der Waals surface area contributed by atoms with Crippen LogP contribution in [0.2, 0.25) is 0 Å². The lowest BCUT2D eigenvalue weighted by Gasteiger charge is -2.04. The molecule has 0 saturated heterocycles. The van der Waals surface area contributed by atoms with E-state index in [1.807, 2.05) is 0 Å². The van der Waals surface area contributed by atoms with Gasteiger partial charge in [0.2, 0.25) is 5.89 Å². The van der Waals surface area contributed by atoms with E-state index in [0.717, 1.165) is 6.07 Å². The summed E-state index contributed by atoms with van der Waals surface area (Å²) in [5.74, 6) is -0.659. The summed E-state index contributed by atoms with van der Waals surface area (Å²) in [6.45, 7) is 0.480. The minimum absolute atomic E-state index is 0.176. The van der Waals surface area contributed by atoms with Gasteiger partial charge in [-0.25, -0.2) is 8.78 Å². The second kappa shape index (κ2) is 6.53. The highest BCUT2D eigenvalue weighted by molar-refractivity contribution is 5.21. The Morgan fingerprint density at radius 1 is 1.30 bits per heavy atom. The van der Waals surface area contributed by atoms with Crippen LogP contribution in [0.4, 0.5) is 8.78 Å². The summed E-state index contributed by atoms with van der Waals surface area (Å²) < 4.78 is 36.1. The van der Waals surface area contributed by atoms with Crippen LogP contribution in [0.5, 0.6) is 0 Å². The van der Waals surface area contributed by atoms with Gasteiger partial charge in [-0.05, 0) is 24.1 Å². The van der Waals surface area contributed by atoms with Crippen LogP contribution in [-0.4, -0.2) is 23.9 Å². The summed E-state index contributed by atoms with van der Waals surface area (Å²) in [6.07, 6.45) is 0.724. The van der Waals surface area contributed by atoms with Crippen LogP contribution < -0.4 is 5.73 Å². The maximum Gasteiger partial charge on any atom is 0.243 e. The molecule has 2 N–H and O–H groups in total. The molecule has 0 radical (unpaired) electrons. The lowest BCUT2D eigenvalue weighted by atomic mass is 10.1. The van der Waals surface area contributed by atoms with E-state index >= 15 is 0 Å². The zero-order valence-corrected chi connectivity index (χ0v) is 11.0. The van der Waals surface area contributed by atoms with Crippen LogP contribution >= 0.6 is 0 Å². The average molecular weight is 283 g/mol. The van der Waals surface area contributed by atoms with Gasteiger partial charge in [-0.3, -0.25) is 0 Å². The van der Waals surface area contributed by atoms with Crippen LogP contribution in [0.3, 0.4) is 0 Å². The third kappa shape index (κ3) is 3.82. The van der Waals surface area contributed by atoms with Gasteiger partial charge < -0.3 is 15.0 Å². The smallest absolute Gasteiger partial charge is 0.243 e. The molecule has 0 saturated carbocycles. The second-order valence-corrected chi connectivity index (χ2v) is 4.39. The Hall–Kier alpha value is -1.86. The van der Waals surface area contributed by atoms with Crippen molar-refractivity contribution in [3.05, 3.63) is 47.1 Å². The molecular formula is C13H15F2N3O2. The molecule has 1 unspecified atom stereocenters. The Morgan fingerprint density at radius 2 is 2.00 bits per heavy atom. The van der Waals surface area contributed by atoms with Gasteiger partial charge in [-0.15, -0.1) is 0 Å². The Bertz CT molecular complexity index is 554. The topological polar surface area (TPSA) is 74.2 Å². The number of nitrogens with two attached hydrogens (primary N) is 1. The average Bonchev–Trinajstić information content (AvgIpc) is 2.83. The van der Waals surface area contributed by atoms with Crippen molar-refractivity contribution >= 4 is 0 Å². The fourth-order valence-corrected chi connectivity index (χ4v) is 1.75. The Morgan fingerprint density at radius 3 is 2.65 bits per heavy atom. The van der Waals surface area contributed by atoms with Gasteiger partial charge in [0.05, 0.1) is 6.04 Å². The molecule has 1 aromatic carbocycles. The van der Waals surface area contributed by atoms with E-state index in [1.54, 1.807) is 7.11 Å². The second-order valence-electron chi connectivity index (χ2n) is 4.39. The monoisotopic (exact) mass is 283 g/mol. The molecule has 0 amide bonds. The van der Waals surface area contributed by atoms with Crippen molar-refractivity contribution in [3.8, 4) is 0 Å². The summed E-state index contributed by atoms with van der Waals surface area (Å²) >= 11 is 0. The first-order valence-electron chi connectivity index (χ1n) is 6.10. The summed E-state index contributed by atoms with van der Waals surface area (Å²) in [5.41, 5.74) is 6.27. The molecule has 0 bridgehead atoms. The van der Waals surface area contributed by atoms with Gasteiger partial charge >= 0.3 is 0 Å². The van der Waals surface area contributed by atoms with E-state index in [-0.39, 0.29) is 12.3 Å². The van der Waals surface area contributed by atoms with Gasteiger partial charge in [-0.2, -0.15) is 4.98 Å². The van der Waals surface area contributed by atoms with Crippen LogP contribution in [0, 0.1) is 11.6 Å². The van der Waals surface area contributed by atoms with Crippen molar-refractivity contribution < 1.29 is 18.0 Å². The maximum atomic E-state index is 13.1. The SMILES string of the molecule is COCCC(N)c1nc(Cc2cc(F)cc(F)c2)no1. The highest BCUT2D eigenvalue weighted by Crippen LogP contribution is 2.15. The fourth-order valence-electron chi connectivity index (χ4n) is 1.75. The number of methoxy groups -OCH3 is 1. The number of benzene rings is 1. The predicted octanol–water partition coefficient (Wildman–Crippen LogP) is 1.97. The normalized spacial score (nSPS) is 12.6. The zero-order valence-electron chi connectivity index (χ0n) is 11.0. The number of hydrogen-bond donors (Lipinski definition) is 1. The molecule has 20 heavy (non-hydrogen) atoms. The number of nitrogens with zero attached hydrogens (tertiary/aromatic N) is 2. The molecule has 0 spiro atoms. The third-order valence-electron chi connectivity index (χ3n) is 2.72. The lowest BCUT2D eigenvalue weighted by Crippen LogP contribution is -2.13. The Labute approximate surface area is 114 Å². The quantitative estimate of drug-likeness (QED) is 0.877. The molecule has 0 aliphatic rings. The van der Waals surface area contributed by atoms with Gasteiger partial charge in [-0.1, -0.05) is 5.16 Å². The summed E-state index contributed by atoms with van der Waals surface area (Å²) in [5, 5.41) is 3.75. The van der Waals surface area contributed by atoms with Gasteiger partial charge in [0, 0.05) is 26.2 Å². The van der Waals surface area contributed by atoms with Crippen molar-refractivity contribution in [3.63, 3.8) is 0 Å². The standard InChI is InChI=1S/C13H15F2N3O2/c1-19-3-2-11(16)13-17-12(18-20-13)6-8-4-9(14)7-10(15)5-8/h4-5,7,11H,2-3,6,16H2,1H3. The number of aromatic nitrogens is 2. The molecular weight excluding hydrogens is 268 g/mol. The van der Waals surface area contributed by atoms with E-state index in [2.05, 4.69) is 10.1 Å². The first-order chi connectivity index (χ1) is 9.58. The summed E-state index contributed by atoms with van der Waals surface area (Å²) in [6, 6.07) is 2.85. The minimum Gasteiger partial charge on any atom is -0.385 e. The van der Waals surface area contributed by atoms with E-state index in [1.165, 1.54) is 12.1 Å². The molecule has 0 aliphatic heterocycles. The van der Waals surface area contributed by atoms with E-state index in [0.29, 0.717) is 24.4 Å². The lowest BCUT2D eigenvalue weighted by molar-refractivity contribution is 0.182. The van der Waals surface area contributed by atoms with E-state index in [9.17, 15) is 8.78 Å². The van der Waals surface area contributed by atoms with Crippen molar-refractivity contribution in [2.24, 2.45) is 5.73 Å². The van der Waals surface area contributed by atoms with Crippen LogP contribution in [0.25, 0.3) is 0 Å². The van der Waals surface area contributed by atoms with E-state index in [4.69, 9.17) is 15.0 Å². The molecule has 0 fully saturated rings. The van der Waals surface area contributed by atoms with Crippen LogP contribution in [0.1, 0.15) is 29.7 Å². The minimum atomic E-state index is -0.638. The highest BCUT2D eigenvalue weighted by Gasteiger charge is 2.15. The van der Waals surface area contributed by atoms with Crippen molar-refractivity contribution in [1.82, 2.24) is 10.1 Å². The van der Waals surface area contributed by atoms with Gasteiger partial charge in [0.1, 0.15) is 11.6 Å². The first kappa shape index (κ1) is 14.5. The molecule has 1 atom stereocenters. The molecule has 0 aliphatic carbocycles. The number of ether oxygens (including phenoxy) is 1. The molecule has 2 rings (SSSR count). The third-order valence-corrected chi connectivity index (χ3v) is 2.72. The summed E-state index contributed by atoms with van der Waals surface area (Å²) in [4.78, 5) is 4.11. The number of hydrogen-bond acceptors (Lipinski definition) is 5. The molecule has 108 valence electrons. The molecule has 2 aromatic rings. The molecule has 1 aromatic heterocycles. The molecule has 7 heteroatoms. The highest BCUT2D eigenvalue weighted by atomic mass is 19.1. The van der Waals surface area contributed by atoms with E-state index < -0.39 is 17.7 Å². The molecule has 1 heterocycles. The fraction of sp³-hybridized carbons (Fsp3) is 0.385. The summed E-state index contributed by atoms with van der Waals surface area (Å²) in [7, 11) is 1.57. The van der Waals surface area contributed by atoms with Gasteiger partial charge in [0.15, 0.2) is 5.82 Å². The largest absolute Gasteiger partial charge is 0.385 e. The zero-order chi connectivity index (χ0) is 14.5.